The predicted octanol–water partition coefficient (Wildman–Crippen LogP) is 1.37. The van der Waals surface area contributed by atoms with E-state index in [9.17, 15) is 19.5 Å². The van der Waals surface area contributed by atoms with Gasteiger partial charge in [0.15, 0.2) is 0 Å². The van der Waals surface area contributed by atoms with Gasteiger partial charge in [-0.05, 0) is 30.5 Å². The largest absolute Gasteiger partial charge is 0.480 e. The van der Waals surface area contributed by atoms with Crippen LogP contribution in [0.2, 0.25) is 0 Å². The Balaban J connectivity index is 2.09. The molecule has 1 aliphatic carbocycles. The lowest BCUT2D eigenvalue weighted by Crippen LogP contribution is -2.41. The molecule has 1 aromatic rings. The Kier molecular flexibility index (Phi) is 4.80. The van der Waals surface area contributed by atoms with E-state index in [4.69, 9.17) is 0 Å². The molecule has 2 amide bonds. The highest BCUT2D eigenvalue weighted by Crippen LogP contribution is 2.33. The maximum Gasteiger partial charge on any atom is 0.326 e. The zero-order chi connectivity index (χ0) is 16.3. The molecule has 2 N–H and O–H groups in total. The van der Waals surface area contributed by atoms with Crippen LogP contribution in [-0.2, 0) is 4.79 Å². The number of amides is 2. The van der Waals surface area contributed by atoms with Gasteiger partial charge in [0, 0.05) is 25.2 Å². The van der Waals surface area contributed by atoms with Crippen LogP contribution < -0.4 is 5.32 Å². The number of carboxylic acids is 1. The lowest BCUT2D eigenvalue weighted by Gasteiger charge is -2.15. The Hall–Kier alpha value is -2.37. The third-order valence-corrected chi connectivity index (χ3v) is 3.65. The standard InChI is InChI=1S/C16H20N2O4/c1-18(2)15(20)12-5-3-4-11(9-12)14(19)17-13(16(21)22)8-10-6-7-10/h3-5,9-10,13H,6-8H2,1-2H3,(H,17,19)(H,21,22). The van der Waals surface area contributed by atoms with Crippen LogP contribution in [0, 0.1) is 5.92 Å². The molecule has 1 unspecified atom stereocenters. The fraction of sp³-hybridized carbons (Fsp3) is 0.438. The fourth-order valence-corrected chi connectivity index (χ4v) is 2.20. The van der Waals surface area contributed by atoms with Crippen LogP contribution in [0.3, 0.4) is 0 Å². The Labute approximate surface area is 129 Å². The van der Waals surface area contributed by atoms with Gasteiger partial charge in [0.25, 0.3) is 11.8 Å². The molecule has 1 aromatic carbocycles. The second-order valence-corrected chi connectivity index (χ2v) is 5.82. The van der Waals surface area contributed by atoms with Gasteiger partial charge in [0.1, 0.15) is 6.04 Å². The highest BCUT2D eigenvalue weighted by molar-refractivity contribution is 6.00. The summed E-state index contributed by atoms with van der Waals surface area (Å²) in [6.07, 6.45) is 2.50. The van der Waals surface area contributed by atoms with E-state index >= 15 is 0 Å². The molecule has 118 valence electrons. The topological polar surface area (TPSA) is 86.7 Å². The van der Waals surface area contributed by atoms with Gasteiger partial charge in [-0.25, -0.2) is 4.79 Å². The van der Waals surface area contributed by atoms with Crippen LogP contribution in [0.4, 0.5) is 0 Å². The second kappa shape index (κ2) is 6.60. The number of carbonyl (C=O) groups excluding carboxylic acids is 2. The molecule has 0 spiro atoms. The third kappa shape index (κ3) is 4.07. The van der Waals surface area contributed by atoms with E-state index in [-0.39, 0.29) is 11.5 Å². The number of nitrogens with one attached hydrogen (secondary N) is 1. The van der Waals surface area contributed by atoms with Gasteiger partial charge in [0.2, 0.25) is 0 Å². The number of hydrogen-bond donors (Lipinski definition) is 2. The number of benzene rings is 1. The van der Waals surface area contributed by atoms with Gasteiger partial charge >= 0.3 is 5.97 Å². The SMILES string of the molecule is CN(C)C(=O)c1cccc(C(=O)NC(CC2CC2)C(=O)O)c1. The Bertz CT molecular complexity index is 594. The number of nitrogens with zero attached hydrogens (tertiary/aromatic N) is 1. The van der Waals surface area contributed by atoms with E-state index in [0.29, 0.717) is 17.9 Å². The summed E-state index contributed by atoms with van der Waals surface area (Å²) in [6, 6.07) is 5.40. The van der Waals surface area contributed by atoms with Crippen molar-refractivity contribution >= 4 is 17.8 Å². The number of rotatable bonds is 6. The van der Waals surface area contributed by atoms with Crippen LogP contribution in [0.25, 0.3) is 0 Å². The summed E-state index contributed by atoms with van der Waals surface area (Å²) in [5.74, 6) is -1.31. The van der Waals surface area contributed by atoms with Crippen LogP contribution >= 0.6 is 0 Å². The zero-order valence-corrected chi connectivity index (χ0v) is 12.7. The number of carboxylic acid groups (broad SMARTS) is 1. The summed E-state index contributed by atoms with van der Waals surface area (Å²) in [5.41, 5.74) is 0.682. The molecular formula is C16H20N2O4. The van der Waals surface area contributed by atoms with Crippen LogP contribution in [-0.4, -0.2) is 47.9 Å². The van der Waals surface area contributed by atoms with Crippen molar-refractivity contribution < 1.29 is 19.5 Å². The lowest BCUT2D eigenvalue weighted by molar-refractivity contribution is -0.139. The zero-order valence-electron chi connectivity index (χ0n) is 12.7. The number of hydrogen-bond acceptors (Lipinski definition) is 3. The van der Waals surface area contributed by atoms with Crippen LogP contribution in [0.15, 0.2) is 24.3 Å². The minimum Gasteiger partial charge on any atom is -0.480 e. The molecule has 6 heteroatoms. The minimum absolute atomic E-state index is 0.206. The van der Waals surface area contributed by atoms with E-state index in [0.717, 1.165) is 12.8 Å². The first kappa shape index (κ1) is 16.0. The van der Waals surface area contributed by atoms with Crippen molar-refractivity contribution in [1.82, 2.24) is 10.2 Å². The molecule has 0 saturated heterocycles. The van der Waals surface area contributed by atoms with Crippen molar-refractivity contribution in [1.29, 1.82) is 0 Å². The van der Waals surface area contributed by atoms with Crippen molar-refractivity contribution in [2.45, 2.75) is 25.3 Å². The average Bonchev–Trinajstić information content (AvgIpc) is 3.29. The average molecular weight is 304 g/mol. The van der Waals surface area contributed by atoms with Crippen molar-refractivity contribution in [3.63, 3.8) is 0 Å². The van der Waals surface area contributed by atoms with E-state index in [1.807, 2.05) is 0 Å². The molecule has 6 nitrogen and oxygen atoms in total. The Morgan fingerprint density at radius 3 is 2.45 bits per heavy atom. The molecule has 0 radical (unpaired) electrons. The molecule has 0 heterocycles. The van der Waals surface area contributed by atoms with E-state index in [2.05, 4.69) is 5.32 Å². The fourth-order valence-electron chi connectivity index (χ4n) is 2.20. The monoisotopic (exact) mass is 304 g/mol. The molecule has 1 saturated carbocycles. The van der Waals surface area contributed by atoms with Gasteiger partial charge in [-0.15, -0.1) is 0 Å². The molecular weight excluding hydrogens is 284 g/mol. The maximum atomic E-state index is 12.2. The molecule has 0 aromatic heterocycles. The smallest absolute Gasteiger partial charge is 0.326 e. The van der Waals surface area contributed by atoms with Gasteiger partial charge in [-0.2, -0.15) is 0 Å². The Morgan fingerprint density at radius 2 is 1.91 bits per heavy atom. The van der Waals surface area contributed by atoms with Crippen LogP contribution in [0.1, 0.15) is 40.0 Å². The number of carbonyl (C=O) groups is 3. The van der Waals surface area contributed by atoms with Gasteiger partial charge in [0.05, 0.1) is 0 Å². The molecule has 1 fully saturated rings. The van der Waals surface area contributed by atoms with E-state index < -0.39 is 17.9 Å². The predicted molar refractivity (Wildman–Crippen MR) is 80.7 cm³/mol. The van der Waals surface area contributed by atoms with Crippen LogP contribution in [0.5, 0.6) is 0 Å². The lowest BCUT2D eigenvalue weighted by atomic mass is 10.1. The third-order valence-electron chi connectivity index (χ3n) is 3.65. The van der Waals surface area contributed by atoms with Gasteiger partial charge < -0.3 is 15.3 Å². The van der Waals surface area contributed by atoms with Crippen molar-refractivity contribution in [2.75, 3.05) is 14.1 Å². The summed E-state index contributed by atoms with van der Waals surface area (Å²) < 4.78 is 0. The van der Waals surface area contributed by atoms with Crippen molar-refractivity contribution in [2.24, 2.45) is 5.92 Å². The molecule has 1 atom stereocenters. The molecule has 1 aliphatic rings. The van der Waals surface area contributed by atoms with E-state index in [1.165, 1.54) is 11.0 Å². The summed E-state index contributed by atoms with van der Waals surface area (Å²) in [4.78, 5) is 36.7. The normalized spacial score (nSPS) is 15.0. The highest BCUT2D eigenvalue weighted by atomic mass is 16.4. The minimum atomic E-state index is -1.03. The maximum absolute atomic E-state index is 12.2. The second-order valence-electron chi connectivity index (χ2n) is 5.82. The number of aliphatic carboxylic acids is 1. The first-order valence-corrected chi connectivity index (χ1v) is 7.24. The molecule has 22 heavy (non-hydrogen) atoms. The summed E-state index contributed by atoms with van der Waals surface area (Å²) >= 11 is 0. The van der Waals surface area contributed by atoms with Gasteiger partial charge in [-0.3, -0.25) is 9.59 Å². The summed E-state index contributed by atoms with van der Waals surface area (Å²) in [7, 11) is 3.26. The highest BCUT2D eigenvalue weighted by Gasteiger charge is 2.30. The van der Waals surface area contributed by atoms with Gasteiger partial charge in [-0.1, -0.05) is 18.9 Å². The quantitative estimate of drug-likeness (QED) is 0.831. The molecule has 0 bridgehead atoms. The van der Waals surface area contributed by atoms with E-state index in [1.54, 1.807) is 32.3 Å². The van der Waals surface area contributed by atoms with Crippen molar-refractivity contribution in [3.8, 4) is 0 Å². The molecule has 2 rings (SSSR count). The first-order chi connectivity index (χ1) is 10.4. The Morgan fingerprint density at radius 1 is 1.27 bits per heavy atom. The first-order valence-electron chi connectivity index (χ1n) is 7.24. The summed E-state index contributed by atoms with van der Waals surface area (Å²) in [6.45, 7) is 0. The summed E-state index contributed by atoms with van der Waals surface area (Å²) in [5, 5.41) is 11.7. The molecule has 0 aliphatic heterocycles. The van der Waals surface area contributed by atoms with Crippen molar-refractivity contribution in [3.05, 3.63) is 35.4 Å².